The van der Waals surface area contributed by atoms with Gasteiger partial charge in [-0.1, -0.05) is 30.3 Å². The molecule has 2 aromatic rings. The molecule has 2 aromatic carbocycles. The van der Waals surface area contributed by atoms with E-state index in [2.05, 4.69) is 10.6 Å². The molecular formula is C19H22N2O4. The van der Waals surface area contributed by atoms with E-state index in [1.807, 2.05) is 36.4 Å². The van der Waals surface area contributed by atoms with Crippen molar-refractivity contribution in [2.75, 3.05) is 20.8 Å². The van der Waals surface area contributed by atoms with Crippen molar-refractivity contribution in [1.82, 2.24) is 10.6 Å². The maximum Gasteiger partial charge on any atom is 0.239 e. The Morgan fingerprint density at radius 3 is 2.36 bits per heavy atom. The van der Waals surface area contributed by atoms with Crippen LogP contribution < -0.4 is 20.1 Å². The summed E-state index contributed by atoms with van der Waals surface area (Å²) in [6, 6.07) is 14.8. The highest BCUT2D eigenvalue weighted by molar-refractivity contribution is 5.85. The Labute approximate surface area is 147 Å². The summed E-state index contributed by atoms with van der Waals surface area (Å²) < 4.78 is 10.4. The summed E-state index contributed by atoms with van der Waals surface area (Å²) in [6.45, 7) is 0.241. The summed E-state index contributed by atoms with van der Waals surface area (Å²) in [5.41, 5.74) is 1.73. The smallest absolute Gasteiger partial charge is 0.239 e. The Hall–Kier alpha value is -3.02. The Bertz CT molecular complexity index is 717. The second-order valence-corrected chi connectivity index (χ2v) is 5.39. The standard InChI is InChI=1S/C19H22N2O4/c1-24-16-9-8-15(17(11-16)25-2)12-20-19(23)13-21-18(22)10-14-6-4-3-5-7-14/h3-9,11H,10,12-13H2,1-2H3,(H,20,23)(H,21,22). The number of methoxy groups -OCH3 is 2. The third-order valence-electron chi connectivity index (χ3n) is 3.62. The molecule has 6 heteroatoms. The largest absolute Gasteiger partial charge is 0.497 e. The number of carbonyl (C=O) groups excluding carboxylic acids is 2. The first-order valence-corrected chi connectivity index (χ1v) is 7.90. The van der Waals surface area contributed by atoms with Gasteiger partial charge in [0.15, 0.2) is 0 Å². The minimum Gasteiger partial charge on any atom is -0.497 e. The molecule has 0 fully saturated rings. The molecule has 0 heterocycles. The van der Waals surface area contributed by atoms with Gasteiger partial charge < -0.3 is 20.1 Å². The van der Waals surface area contributed by atoms with E-state index < -0.39 is 0 Å². The minimum absolute atomic E-state index is 0.0653. The molecule has 0 bridgehead atoms. The molecule has 25 heavy (non-hydrogen) atoms. The van der Waals surface area contributed by atoms with Crippen LogP contribution in [0, 0.1) is 0 Å². The lowest BCUT2D eigenvalue weighted by molar-refractivity contribution is -0.125. The van der Waals surface area contributed by atoms with Crippen molar-refractivity contribution < 1.29 is 19.1 Å². The van der Waals surface area contributed by atoms with E-state index in [0.717, 1.165) is 11.1 Å². The molecule has 0 saturated heterocycles. The molecular weight excluding hydrogens is 320 g/mol. The Morgan fingerprint density at radius 2 is 1.68 bits per heavy atom. The summed E-state index contributed by atoms with van der Waals surface area (Å²) in [4.78, 5) is 23.7. The van der Waals surface area contributed by atoms with Crippen LogP contribution in [-0.4, -0.2) is 32.6 Å². The van der Waals surface area contributed by atoms with Gasteiger partial charge in [-0.3, -0.25) is 9.59 Å². The molecule has 132 valence electrons. The number of ether oxygens (including phenoxy) is 2. The molecule has 0 saturated carbocycles. The van der Waals surface area contributed by atoms with Gasteiger partial charge in [-0.25, -0.2) is 0 Å². The summed E-state index contributed by atoms with van der Waals surface area (Å²) in [6.07, 6.45) is 0.250. The first kappa shape index (κ1) is 18.3. The number of benzene rings is 2. The van der Waals surface area contributed by atoms with Crippen LogP contribution in [0.4, 0.5) is 0 Å². The predicted molar refractivity (Wildman–Crippen MR) is 94.5 cm³/mol. The van der Waals surface area contributed by atoms with E-state index in [1.54, 1.807) is 26.4 Å². The van der Waals surface area contributed by atoms with Crippen molar-refractivity contribution in [2.24, 2.45) is 0 Å². The average Bonchev–Trinajstić information content (AvgIpc) is 2.65. The third-order valence-corrected chi connectivity index (χ3v) is 3.62. The molecule has 0 unspecified atom stereocenters. The number of hydrogen-bond donors (Lipinski definition) is 2. The maximum absolute atomic E-state index is 11.9. The zero-order chi connectivity index (χ0) is 18.1. The average molecular weight is 342 g/mol. The highest BCUT2D eigenvalue weighted by atomic mass is 16.5. The summed E-state index contributed by atoms with van der Waals surface area (Å²) in [5.74, 6) is 0.857. The van der Waals surface area contributed by atoms with Crippen LogP contribution in [0.5, 0.6) is 11.5 Å². The molecule has 0 atom stereocenters. The van der Waals surface area contributed by atoms with E-state index in [9.17, 15) is 9.59 Å². The van der Waals surface area contributed by atoms with Gasteiger partial charge in [0.2, 0.25) is 11.8 Å². The van der Waals surface area contributed by atoms with Crippen molar-refractivity contribution in [1.29, 1.82) is 0 Å². The van der Waals surface area contributed by atoms with Crippen LogP contribution in [-0.2, 0) is 22.6 Å². The second-order valence-electron chi connectivity index (χ2n) is 5.39. The van der Waals surface area contributed by atoms with Gasteiger partial charge in [-0.15, -0.1) is 0 Å². The lowest BCUT2D eigenvalue weighted by Gasteiger charge is -2.11. The Kier molecular flexibility index (Phi) is 6.83. The minimum atomic E-state index is -0.265. The number of carbonyl (C=O) groups is 2. The lowest BCUT2D eigenvalue weighted by atomic mass is 10.1. The van der Waals surface area contributed by atoms with Gasteiger partial charge in [0.05, 0.1) is 27.2 Å². The van der Waals surface area contributed by atoms with E-state index in [1.165, 1.54) is 0 Å². The van der Waals surface area contributed by atoms with Crippen LogP contribution in [0.2, 0.25) is 0 Å². The molecule has 2 rings (SSSR count). The van der Waals surface area contributed by atoms with Crippen molar-refractivity contribution >= 4 is 11.8 Å². The van der Waals surface area contributed by atoms with Gasteiger partial charge in [-0.05, 0) is 17.7 Å². The highest BCUT2D eigenvalue weighted by Gasteiger charge is 2.09. The molecule has 2 N–H and O–H groups in total. The molecule has 6 nitrogen and oxygen atoms in total. The van der Waals surface area contributed by atoms with E-state index >= 15 is 0 Å². The van der Waals surface area contributed by atoms with Gasteiger partial charge in [0, 0.05) is 18.2 Å². The highest BCUT2D eigenvalue weighted by Crippen LogP contribution is 2.24. The molecule has 0 aliphatic heterocycles. The van der Waals surface area contributed by atoms with Crippen LogP contribution >= 0.6 is 0 Å². The molecule has 0 radical (unpaired) electrons. The summed E-state index contributed by atoms with van der Waals surface area (Å²) in [7, 11) is 3.14. The summed E-state index contributed by atoms with van der Waals surface area (Å²) >= 11 is 0. The van der Waals surface area contributed by atoms with Crippen molar-refractivity contribution in [2.45, 2.75) is 13.0 Å². The fourth-order valence-electron chi connectivity index (χ4n) is 2.28. The van der Waals surface area contributed by atoms with E-state index in [0.29, 0.717) is 18.0 Å². The number of nitrogens with one attached hydrogen (secondary N) is 2. The van der Waals surface area contributed by atoms with Gasteiger partial charge in [0.25, 0.3) is 0 Å². The molecule has 0 aliphatic rings. The van der Waals surface area contributed by atoms with Crippen LogP contribution in [0.1, 0.15) is 11.1 Å². The first-order valence-electron chi connectivity index (χ1n) is 7.90. The van der Waals surface area contributed by atoms with E-state index in [-0.39, 0.29) is 24.8 Å². The second kappa shape index (κ2) is 9.32. The van der Waals surface area contributed by atoms with Crippen molar-refractivity contribution in [3.63, 3.8) is 0 Å². The Morgan fingerprint density at radius 1 is 0.920 bits per heavy atom. The number of hydrogen-bond acceptors (Lipinski definition) is 4. The van der Waals surface area contributed by atoms with Gasteiger partial charge in [0.1, 0.15) is 11.5 Å². The molecule has 0 aromatic heterocycles. The summed E-state index contributed by atoms with van der Waals surface area (Å²) in [5, 5.41) is 5.37. The van der Waals surface area contributed by atoms with Gasteiger partial charge >= 0.3 is 0 Å². The topological polar surface area (TPSA) is 76.7 Å². The Balaban J connectivity index is 1.78. The normalized spacial score (nSPS) is 10.0. The quantitative estimate of drug-likeness (QED) is 0.765. The van der Waals surface area contributed by atoms with Crippen molar-refractivity contribution in [3.05, 3.63) is 59.7 Å². The monoisotopic (exact) mass is 342 g/mol. The van der Waals surface area contributed by atoms with Crippen LogP contribution in [0.3, 0.4) is 0 Å². The maximum atomic E-state index is 11.9. The molecule has 0 aliphatic carbocycles. The fourth-order valence-corrected chi connectivity index (χ4v) is 2.28. The third kappa shape index (κ3) is 5.84. The fraction of sp³-hybridized carbons (Fsp3) is 0.263. The first-order chi connectivity index (χ1) is 12.1. The molecule has 0 spiro atoms. The van der Waals surface area contributed by atoms with Gasteiger partial charge in [-0.2, -0.15) is 0 Å². The lowest BCUT2D eigenvalue weighted by Crippen LogP contribution is -2.37. The predicted octanol–water partition coefficient (Wildman–Crippen LogP) is 1.68. The van der Waals surface area contributed by atoms with Crippen LogP contribution in [0.15, 0.2) is 48.5 Å². The zero-order valence-electron chi connectivity index (χ0n) is 14.4. The van der Waals surface area contributed by atoms with Crippen LogP contribution in [0.25, 0.3) is 0 Å². The molecule has 2 amide bonds. The van der Waals surface area contributed by atoms with E-state index in [4.69, 9.17) is 9.47 Å². The number of amides is 2. The number of rotatable bonds is 8. The zero-order valence-corrected chi connectivity index (χ0v) is 14.4. The SMILES string of the molecule is COc1ccc(CNC(=O)CNC(=O)Cc2ccccc2)c(OC)c1. The van der Waals surface area contributed by atoms with Crippen molar-refractivity contribution in [3.8, 4) is 11.5 Å².